The number of benzene rings is 1. The number of carbonyl (C=O) groups excluding carboxylic acids is 2. The van der Waals surface area contributed by atoms with Gasteiger partial charge in [0.25, 0.3) is 0 Å². The van der Waals surface area contributed by atoms with Crippen molar-refractivity contribution in [2.24, 2.45) is 0 Å². The lowest BCUT2D eigenvalue weighted by Gasteiger charge is -2.23. The predicted molar refractivity (Wildman–Crippen MR) is 85.4 cm³/mol. The third-order valence-corrected chi connectivity index (χ3v) is 4.78. The fraction of sp³-hybridized carbons (Fsp3) is 0.529. The molecule has 130 valence electrons. The Labute approximate surface area is 139 Å². The Morgan fingerprint density at radius 3 is 2.54 bits per heavy atom. The van der Waals surface area contributed by atoms with Crippen LogP contribution in [0.5, 0.6) is 0 Å². The summed E-state index contributed by atoms with van der Waals surface area (Å²) >= 11 is 0. The number of anilines is 1. The SMILES string of the molecule is O=C(Nc1ccc(F)cc1F)C(=O)N[C@H]1CCN(C2CCCC2)C1. The quantitative estimate of drug-likeness (QED) is 0.830. The van der Waals surface area contributed by atoms with Gasteiger partial charge in [0.05, 0.1) is 5.69 Å². The lowest BCUT2D eigenvalue weighted by Crippen LogP contribution is -2.44. The molecule has 1 aromatic rings. The van der Waals surface area contributed by atoms with Gasteiger partial charge in [0.15, 0.2) is 0 Å². The Morgan fingerprint density at radius 2 is 1.83 bits per heavy atom. The molecule has 2 amide bonds. The molecule has 1 atom stereocenters. The largest absolute Gasteiger partial charge is 0.344 e. The third kappa shape index (κ3) is 3.90. The van der Waals surface area contributed by atoms with E-state index in [0.29, 0.717) is 12.1 Å². The van der Waals surface area contributed by atoms with Crippen molar-refractivity contribution in [2.45, 2.75) is 44.2 Å². The molecule has 1 aliphatic carbocycles. The summed E-state index contributed by atoms with van der Waals surface area (Å²) in [7, 11) is 0. The summed E-state index contributed by atoms with van der Waals surface area (Å²) in [5, 5.41) is 4.87. The molecule has 1 aliphatic heterocycles. The summed E-state index contributed by atoms with van der Waals surface area (Å²) in [6.45, 7) is 1.67. The average Bonchev–Trinajstić information content (AvgIpc) is 3.20. The van der Waals surface area contributed by atoms with Gasteiger partial charge in [0.2, 0.25) is 0 Å². The van der Waals surface area contributed by atoms with Crippen molar-refractivity contribution < 1.29 is 18.4 Å². The van der Waals surface area contributed by atoms with Crippen LogP contribution in [0.4, 0.5) is 14.5 Å². The predicted octanol–water partition coefficient (Wildman–Crippen LogP) is 2.04. The molecule has 2 N–H and O–H groups in total. The fourth-order valence-corrected chi connectivity index (χ4v) is 3.53. The maximum atomic E-state index is 13.5. The summed E-state index contributed by atoms with van der Waals surface area (Å²) < 4.78 is 26.4. The van der Waals surface area contributed by atoms with Crippen LogP contribution in [0.3, 0.4) is 0 Å². The van der Waals surface area contributed by atoms with Gasteiger partial charge < -0.3 is 10.6 Å². The summed E-state index contributed by atoms with van der Waals surface area (Å²) in [6, 6.07) is 3.29. The third-order valence-electron chi connectivity index (χ3n) is 4.78. The number of rotatable bonds is 3. The molecule has 2 fully saturated rings. The molecule has 0 spiro atoms. The number of hydrogen-bond acceptors (Lipinski definition) is 3. The molecular weight excluding hydrogens is 316 g/mol. The fourth-order valence-electron chi connectivity index (χ4n) is 3.53. The lowest BCUT2D eigenvalue weighted by molar-refractivity contribution is -0.136. The van der Waals surface area contributed by atoms with E-state index in [4.69, 9.17) is 0 Å². The van der Waals surface area contributed by atoms with Crippen molar-refractivity contribution in [3.63, 3.8) is 0 Å². The van der Waals surface area contributed by atoms with Gasteiger partial charge in [-0.15, -0.1) is 0 Å². The van der Waals surface area contributed by atoms with Gasteiger partial charge in [-0.05, 0) is 31.4 Å². The van der Waals surface area contributed by atoms with E-state index in [1.54, 1.807) is 0 Å². The van der Waals surface area contributed by atoms with E-state index in [2.05, 4.69) is 15.5 Å². The van der Waals surface area contributed by atoms with Crippen LogP contribution in [-0.4, -0.2) is 41.9 Å². The van der Waals surface area contributed by atoms with E-state index in [0.717, 1.165) is 31.6 Å². The highest BCUT2D eigenvalue weighted by molar-refractivity contribution is 6.39. The molecule has 0 aromatic heterocycles. The number of hydrogen-bond donors (Lipinski definition) is 2. The molecule has 5 nitrogen and oxygen atoms in total. The zero-order chi connectivity index (χ0) is 17.1. The van der Waals surface area contributed by atoms with Crippen molar-refractivity contribution >= 4 is 17.5 Å². The molecule has 7 heteroatoms. The van der Waals surface area contributed by atoms with Crippen LogP contribution in [0.25, 0.3) is 0 Å². The van der Waals surface area contributed by atoms with Crippen molar-refractivity contribution in [1.29, 1.82) is 0 Å². The van der Waals surface area contributed by atoms with Crippen molar-refractivity contribution in [1.82, 2.24) is 10.2 Å². The number of nitrogens with one attached hydrogen (secondary N) is 2. The second-order valence-corrected chi connectivity index (χ2v) is 6.47. The van der Waals surface area contributed by atoms with E-state index >= 15 is 0 Å². The molecule has 0 bridgehead atoms. The Hall–Kier alpha value is -2.02. The standard InChI is InChI=1S/C17H21F2N3O2/c18-11-5-6-15(14(19)9-11)21-17(24)16(23)20-12-7-8-22(10-12)13-3-1-2-4-13/h5-6,9,12-13H,1-4,7-8,10H2,(H,20,23)(H,21,24)/t12-/m0/s1. The van der Waals surface area contributed by atoms with Crippen molar-refractivity contribution in [3.05, 3.63) is 29.8 Å². The molecule has 1 heterocycles. The van der Waals surface area contributed by atoms with Gasteiger partial charge in [0, 0.05) is 31.2 Å². The van der Waals surface area contributed by atoms with Gasteiger partial charge in [-0.3, -0.25) is 14.5 Å². The zero-order valence-corrected chi connectivity index (χ0v) is 13.4. The van der Waals surface area contributed by atoms with Gasteiger partial charge >= 0.3 is 11.8 Å². The minimum atomic E-state index is -0.945. The summed E-state index contributed by atoms with van der Waals surface area (Å²) in [5.41, 5.74) is -0.212. The van der Waals surface area contributed by atoms with E-state index < -0.39 is 23.4 Å². The molecule has 1 saturated carbocycles. The van der Waals surface area contributed by atoms with Crippen molar-refractivity contribution in [2.75, 3.05) is 18.4 Å². The number of likely N-dealkylation sites (tertiary alicyclic amines) is 1. The Balaban J connectivity index is 1.50. The normalized spacial score (nSPS) is 21.8. The van der Waals surface area contributed by atoms with Crippen LogP contribution in [-0.2, 0) is 9.59 Å². The number of carbonyl (C=O) groups is 2. The number of halogens is 2. The molecule has 0 unspecified atom stereocenters. The highest BCUT2D eigenvalue weighted by Gasteiger charge is 2.31. The van der Waals surface area contributed by atoms with Gasteiger partial charge in [0.1, 0.15) is 11.6 Å². The monoisotopic (exact) mass is 337 g/mol. The van der Waals surface area contributed by atoms with Crippen LogP contribution in [0, 0.1) is 11.6 Å². The van der Waals surface area contributed by atoms with E-state index in [-0.39, 0.29) is 11.7 Å². The molecule has 3 rings (SSSR count). The highest BCUT2D eigenvalue weighted by Crippen LogP contribution is 2.26. The summed E-state index contributed by atoms with van der Waals surface area (Å²) in [6.07, 6.45) is 5.71. The van der Waals surface area contributed by atoms with Crippen LogP contribution in [0.1, 0.15) is 32.1 Å². The second-order valence-electron chi connectivity index (χ2n) is 6.47. The molecule has 0 radical (unpaired) electrons. The first-order chi connectivity index (χ1) is 11.5. The van der Waals surface area contributed by atoms with Crippen molar-refractivity contribution in [3.8, 4) is 0 Å². The van der Waals surface area contributed by atoms with Gasteiger partial charge in [-0.25, -0.2) is 8.78 Å². The van der Waals surface area contributed by atoms with E-state index in [1.165, 1.54) is 25.7 Å². The maximum Gasteiger partial charge on any atom is 0.313 e. The molecule has 2 aliphatic rings. The maximum absolute atomic E-state index is 13.5. The Kier molecular flexibility index (Phi) is 5.08. The topological polar surface area (TPSA) is 61.4 Å². The van der Waals surface area contributed by atoms with Crippen LogP contribution < -0.4 is 10.6 Å². The Bertz CT molecular complexity index is 632. The van der Waals surface area contributed by atoms with E-state index in [1.807, 2.05) is 0 Å². The second kappa shape index (κ2) is 7.25. The van der Waals surface area contributed by atoms with E-state index in [9.17, 15) is 18.4 Å². The molecule has 24 heavy (non-hydrogen) atoms. The molecular formula is C17H21F2N3O2. The minimum absolute atomic E-state index is 0.0677. The van der Waals surface area contributed by atoms with Gasteiger partial charge in [-0.1, -0.05) is 12.8 Å². The summed E-state index contributed by atoms with van der Waals surface area (Å²) in [4.78, 5) is 26.2. The molecule has 1 aromatic carbocycles. The first kappa shape index (κ1) is 16.8. The number of amides is 2. The lowest BCUT2D eigenvalue weighted by atomic mass is 10.2. The zero-order valence-electron chi connectivity index (χ0n) is 13.4. The first-order valence-electron chi connectivity index (χ1n) is 8.34. The highest BCUT2D eigenvalue weighted by atomic mass is 19.1. The smallest absolute Gasteiger partial charge is 0.313 e. The Morgan fingerprint density at radius 1 is 1.08 bits per heavy atom. The average molecular weight is 337 g/mol. The van der Waals surface area contributed by atoms with Gasteiger partial charge in [-0.2, -0.15) is 0 Å². The minimum Gasteiger partial charge on any atom is -0.344 e. The molecule has 1 saturated heterocycles. The van der Waals surface area contributed by atoms with Crippen LogP contribution in [0.15, 0.2) is 18.2 Å². The number of nitrogens with zero attached hydrogens (tertiary/aromatic N) is 1. The summed E-state index contributed by atoms with van der Waals surface area (Å²) in [5.74, 6) is -3.39. The van der Waals surface area contributed by atoms with Crippen LogP contribution >= 0.6 is 0 Å². The first-order valence-corrected chi connectivity index (χ1v) is 8.34. The van der Waals surface area contributed by atoms with Crippen LogP contribution in [0.2, 0.25) is 0 Å².